The molecule has 5 rings (SSSR count). The molecule has 5 aromatic rings. The van der Waals surface area contributed by atoms with E-state index in [9.17, 15) is 9.59 Å². The van der Waals surface area contributed by atoms with Crippen molar-refractivity contribution in [2.75, 3.05) is 23.7 Å². The Bertz CT molecular complexity index is 1800. The van der Waals surface area contributed by atoms with Crippen LogP contribution in [0, 0.1) is 6.92 Å². The standard InChI is InChI=1S/C35H38N6O3/c1-7-40(8-2)33(42)32-29(14-11-21-36-32)44-28-20-19-27(25-12-9-10-13-26(25)28)37-34(43)38-31-22-30(35(4,5)6)39-41(31)24-17-15-23(3)16-18-24/h9-22H,7-8H2,1-6H3,(H2,37,38,43). The first-order chi connectivity index (χ1) is 21.1. The number of rotatable bonds is 8. The van der Waals surface area contributed by atoms with Gasteiger partial charge in [0.2, 0.25) is 0 Å². The van der Waals surface area contributed by atoms with Gasteiger partial charge in [0, 0.05) is 41.5 Å². The number of aryl methyl sites for hydroxylation is 1. The third kappa shape index (κ3) is 6.41. The van der Waals surface area contributed by atoms with Crippen LogP contribution in [0.4, 0.5) is 16.3 Å². The summed E-state index contributed by atoms with van der Waals surface area (Å²) in [5.41, 5.74) is 3.49. The van der Waals surface area contributed by atoms with Gasteiger partial charge in [-0.1, -0.05) is 62.7 Å². The molecule has 0 fully saturated rings. The number of carbonyl (C=O) groups excluding carboxylic acids is 2. The molecule has 2 aromatic heterocycles. The van der Waals surface area contributed by atoms with Crippen molar-refractivity contribution in [2.45, 2.75) is 47.0 Å². The number of nitrogens with one attached hydrogen (secondary N) is 2. The van der Waals surface area contributed by atoms with E-state index in [1.807, 2.05) is 75.4 Å². The first-order valence-corrected chi connectivity index (χ1v) is 14.8. The van der Waals surface area contributed by atoms with Crippen LogP contribution in [0.5, 0.6) is 11.5 Å². The topological polar surface area (TPSA) is 101 Å². The maximum Gasteiger partial charge on any atom is 0.324 e. The Kier molecular flexibility index (Phi) is 8.66. The van der Waals surface area contributed by atoms with Gasteiger partial charge in [-0.05, 0) is 57.2 Å². The Morgan fingerprint density at radius 3 is 2.25 bits per heavy atom. The highest BCUT2D eigenvalue weighted by Crippen LogP contribution is 2.35. The highest BCUT2D eigenvalue weighted by Gasteiger charge is 2.23. The van der Waals surface area contributed by atoms with Crippen LogP contribution < -0.4 is 15.4 Å². The second kappa shape index (κ2) is 12.6. The van der Waals surface area contributed by atoms with E-state index in [0.29, 0.717) is 36.1 Å². The van der Waals surface area contributed by atoms with E-state index in [1.165, 1.54) is 0 Å². The van der Waals surface area contributed by atoms with Crippen LogP contribution in [-0.4, -0.2) is 44.7 Å². The van der Waals surface area contributed by atoms with Crippen molar-refractivity contribution >= 4 is 34.2 Å². The Labute approximate surface area is 257 Å². The first kappa shape index (κ1) is 30.3. The number of anilines is 2. The van der Waals surface area contributed by atoms with Crippen LogP contribution in [0.2, 0.25) is 0 Å². The van der Waals surface area contributed by atoms with Gasteiger partial charge in [-0.25, -0.2) is 14.5 Å². The number of hydrogen-bond acceptors (Lipinski definition) is 5. The van der Waals surface area contributed by atoms with Crippen molar-refractivity contribution in [2.24, 2.45) is 0 Å². The van der Waals surface area contributed by atoms with Gasteiger partial charge in [-0.3, -0.25) is 10.1 Å². The van der Waals surface area contributed by atoms with Gasteiger partial charge in [0.15, 0.2) is 11.4 Å². The largest absolute Gasteiger partial charge is 0.454 e. The number of benzene rings is 3. The van der Waals surface area contributed by atoms with Crippen molar-refractivity contribution in [3.63, 3.8) is 0 Å². The summed E-state index contributed by atoms with van der Waals surface area (Å²) in [6.07, 6.45) is 1.59. The molecule has 0 spiro atoms. The zero-order chi connectivity index (χ0) is 31.4. The number of fused-ring (bicyclic) bond motifs is 1. The molecule has 0 aliphatic carbocycles. The highest BCUT2D eigenvalue weighted by atomic mass is 16.5. The van der Waals surface area contributed by atoms with Gasteiger partial charge in [0.05, 0.1) is 17.1 Å². The fraction of sp³-hybridized carbons (Fsp3) is 0.257. The van der Waals surface area contributed by atoms with E-state index in [1.54, 1.807) is 40.0 Å². The van der Waals surface area contributed by atoms with E-state index < -0.39 is 6.03 Å². The minimum Gasteiger partial charge on any atom is -0.454 e. The Balaban J connectivity index is 1.43. The maximum atomic E-state index is 13.4. The van der Waals surface area contributed by atoms with E-state index in [0.717, 1.165) is 27.7 Å². The summed E-state index contributed by atoms with van der Waals surface area (Å²) in [6.45, 7) is 13.3. The van der Waals surface area contributed by atoms with Gasteiger partial charge in [-0.2, -0.15) is 5.10 Å². The molecule has 0 aliphatic rings. The number of amides is 3. The number of aromatic nitrogens is 3. The number of hydrogen-bond donors (Lipinski definition) is 2. The summed E-state index contributed by atoms with van der Waals surface area (Å²) < 4.78 is 8.05. The lowest BCUT2D eigenvalue weighted by Gasteiger charge is -2.20. The number of carbonyl (C=O) groups is 2. The van der Waals surface area contributed by atoms with Crippen molar-refractivity contribution in [1.82, 2.24) is 19.7 Å². The average molecular weight is 591 g/mol. The Morgan fingerprint density at radius 1 is 0.864 bits per heavy atom. The van der Waals surface area contributed by atoms with Crippen molar-refractivity contribution in [1.29, 1.82) is 0 Å². The lowest BCUT2D eigenvalue weighted by molar-refractivity contribution is 0.0764. The molecule has 0 radical (unpaired) electrons. The Hall–Kier alpha value is -5.18. The van der Waals surface area contributed by atoms with Crippen LogP contribution in [-0.2, 0) is 5.41 Å². The van der Waals surface area contributed by atoms with Gasteiger partial charge >= 0.3 is 6.03 Å². The summed E-state index contributed by atoms with van der Waals surface area (Å²) in [6, 6.07) is 24.2. The van der Waals surface area contributed by atoms with Gasteiger partial charge < -0.3 is 15.0 Å². The van der Waals surface area contributed by atoms with E-state index in [2.05, 4.69) is 36.4 Å². The third-order valence-corrected chi connectivity index (χ3v) is 7.37. The van der Waals surface area contributed by atoms with Crippen LogP contribution >= 0.6 is 0 Å². The van der Waals surface area contributed by atoms with Gasteiger partial charge in [0.1, 0.15) is 11.6 Å². The summed E-state index contributed by atoms with van der Waals surface area (Å²) in [7, 11) is 0. The van der Waals surface area contributed by atoms with E-state index in [-0.39, 0.29) is 17.0 Å². The molecule has 2 heterocycles. The monoisotopic (exact) mass is 590 g/mol. The molecule has 44 heavy (non-hydrogen) atoms. The van der Waals surface area contributed by atoms with Crippen LogP contribution in [0.1, 0.15) is 56.4 Å². The third-order valence-electron chi connectivity index (χ3n) is 7.37. The first-order valence-electron chi connectivity index (χ1n) is 14.8. The van der Waals surface area contributed by atoms with E-state index in [4.69, 9.17) is 9.84 Å². The SMILES string of the molecule is CCN(CC)C(=O)c1ncccc1Oc1ccc(NC(=O)Nc2cc(C(C)(C)C)nn2-c2ccc(C)cc2)c2ccccc12. The molecule has 0 saturated heterocycles. The minimum absolute atomic E-state index is 0.190. The zero-order valence-corrected chi connectivity index (χ0v) is 26.0. The van der Waals surface area contributed by atoms with Crippen molar-refractivity contribution < 1.29 is 14.3 Å². The second-order valence-corrected chi connectivity index (χ2v) is 11.6. The molecule has 3 amide bonds. The number of ether oxygens (including phenoxy) is 1. The fourth-order valence-electron chi connectivity index (χ4n) is 4.87. The number of urea groups is 1. The molecule has 226 valence electrons. The van der Waals surface area contributed by atoms with E-state index >= 15 is 0 Å². The molecule has 0 bridgehead atoms. The smallest absolute Gasteiger partial charge is 0.324 e. The minimum atomic E-state index is -0.406. The summed E-state index contributed by atoms with van der Waals surface area (Å²) >= 11 is 0. The lowest BCUT2D eigenvalue weighted by atomic mass is 9.92. The van der Waals surface area contributed by atoms with Gasteiger partial charge in [-0.15, -0.1) is 0 Å². The number of pyridine rings is 1. The predicted octanol–water partition coefficient (Wildman–Crippen LogP) is 7.94. The molecule has 0 aliphatic heterocycles. The maximum absolute atomic E-state index is 13.4. The molecule has 3 aromatic carbocycles. The van der Waals surface area contributed by atoms with Crippen LogP contribution in [0.15, 0.2) is 85.1 Å². The quantitative estimate of drug-likeness (QED) is 0.191. The predicted molar refractivity (Wildman–Crippen MR) is 175 cm³/mol. The molecular formula is C35H38N6O3. The summed E-state index contributed by atoms with van der Waals surface area (Å²) in [5.74, 6) is 1.28. The van der Waals surface area contributed by atoms with Crippen LogP contribution in [0.25, 0.3) is 16.5 Å². The van der Waals surface area contributed by atoms with Crippen molar-refractivity contribution in [3.05, 3.63) is 102 Å². The second-order valence-electron chi connectivity index (χ2n) is 11.6. The fourth-order valence-corrected chi connectivity index (χ4v) is 4.87. The van der Waals surface area contributed by atoms with Crippen LogP contribution in [0.3, 0.4) is 0 Å². The number of nitrogens with zero attached hydrogens (tertiary/aromatic N) is 4. The van der Waals surface area contributed by atoms with Crippen molar-refractivity contribution in [3.8, 4) is 17.2 Å². The molecule has 0 atom stereocenters. The highest BCUT2D eigenvalue weighted by molar-refractivity contribution is 6.07. The van der Waals surface area contributed by atoms with Gasteiger partial charge in [0.25, 0.3) is 5.91 Å². The summed E-state index contributed by atoms with van der Waals surface area (Å²) in [5, 5.41) is 12.4. The lowest BCUT2D eigenvalue weighted by Crippen LogP contribution is -2.31. The molecule has 0 unspecified atom stereocenters. The average Bonchev–Trinajstić information content (AvgIpc) is 3.44. The Morgan fingerprint density at radius 2 is 1.57 bits per heavy atom. The molecule has 9 nitrogen and oxygen atoms in total. The molecular weight excluding hydrogens is 552 g/mol. The molecule has 0 saturated carbocycles. The molecule has 9 heteroatoms. The molecule has 2 N–H and O–H groups in total. The zero-order valence-electron chi connectivity index (χ0n) is 26.0. The summed E-state index contributed by atoms with van der Waals surface area (Å²) in [4.78, 5) is 32.5. The normalized spacial score (nSPS) is 11.3.